The van der Waals surface area contributed by atoms with Crippen LogP contribution in [0.5, 0.6) is 5.75 Å². The lowest BCUT2D eigenvalue weighted by atomic mass is 10.3. The number of amides is 3. The molecule has 1 aromatic carbocycles. The van der Waals surface area contributed by atoms with E-state index in [0.717, 1.165) is 0 Å². The maximum Gasteiger partial charge on any atom is 0.319 e. The Morgan fingerprint density at radius 2 is 2.04 bits per heavy atom. The van der Waals surface area contributed by atoms with Gasteiger partial charge >= 0.3 is 6.03 Å². The van der Waals surface area contributed by atoms with E-state index in [0.29, 0.717) is 36.2 Å². The highest BCUT2D eigenvalue weighted by atomic mass is 35.5. The van der Waals surface area contributed by atoms with E-state index in [9.17, 15) is 9.59 Å². The minimum Gasteiger partial charge on any atom is -0.490 e. The van der Waals surface area contributed by atoms with Crippen molar-refractivity contribution in [2.45, 2.75) is 19.9 Å². The van der Waals surface area contributed by atoms with Crippen molar-refractivity contribution < 1.29 is 19.1 Å². The molecule has 1 rings (SSSR count). The van der Waals surface area contributed by atoms with Gasteiger partial charge in [0.1, 0.15) is 18.4 Å². The number of rotatable bonds is 8. The molecular formula is C15H22ClN3O4. The summed E-state index contributed by atoms with van der Waals surface area (Å²) in [6, 6.07) is 3.75. The predicted molar refractivity (Wildman–Crippen MR) is 89.1 cm³/mol. The van der Waals surface area contributed by atoms with Crippen LogP contribution in [-0.2, 0) is 9.53 Å². The number of benzene rings is 1. The van der Waals surface area contributed by atoms with E-state index in [4.69, 9.17) is 21.1 Å². The topological polar surface area (TPSA) is 88.7 Å². The molecule has 3 amide bonds. The molecule has 0 heterocycles. The number of likely N-dealkylation sites (N-methyl/N-ethyl adjacent to an activating group) is 1. The SMILES string of the molecule is CCNC(=O)[C@@H](C)NC(=O)Nc1ccc(OCCOC)c(Cl)c1. The van der Waals surface area contributed by atoms with Crippen LogP contribution in [0, 0.1) is 0 Å². The normalized spacial score (nSPS) is 11.5. The van der Waals surface area contributed by atoms with Crippen LogP contribution in [0.25, 0.3) is 0 Å². The molecule has 1 aromatic rings. The van der Waals surface area contributed by atoms with Gasteiger partial charge in [-0.2, -0.15) is 0 Å². The van der Waals surface area contributed by atoms with Gasteiger partial charge in [0, 0.05) is 19.3 Å². The molecule has 23 heavy (non-hydrogen) atoms. The van der Waals surface area contributed by atoms with E-state index in [-0.39, 0.29) is 5.91 Å². The molecule has 0 saturated heterocycles. The summed E-state index contributed by atoms with van der Waals surface area (Å²) in [5.74, 6) is 0.257. The molecule has 0 aliphatic rings. The fourth-order valence-electron chi connectivity index (χ4n) is 1.69. The van der Waals surface area contributed by atoms with Crippen LogP contribution in [0.15, 0.2) is 18.2 Å². The van der Waals surface area contributed by atoms with Crippen LogP contribution in [0.2, 0.25) is 5.02 Å². The Bertz CT molecular complexity index is 539. The number of methoxy groups -OCH3 is 1. The summed E-state index contributed by atoms with van der Waals surface area (Å²) < 4.78 is 10.3. The van der Waals surface area contributed by atoms with Gasteiger partial charge in [-0.25, -0.2) is 4.79 Å². The molecule has 0 aliphatic heterocycles. The fourth-order valence-corrected chi connectivity index (χ4v) is 1.92. The van der Waals surface area contributed by atoms with Crippen molar-refractivity contribution in [3.8, 4) is 5.75 Å². The number of hydrogen-bond acceptors (Lipinski definition) is 4. The highest BCUT2D eigenvalue weighted by molar-refractivity contribution is 6.32. The zero-order valence-electron chi connectivity index (χ0n) is 13.4. The van der Waals surface area contributed by atoms with Gasteiger partial charge in [0.25, 0.3) is 0 Å². The molecule has 1 atom stereocenters. The second-order valence-electron chi connectivity index (χ2n) is 4.70. The van der Waals surface area contributed by atoms with E-state index in [1.807, 2.05) is 6.92 Å². The second kappa shape index (κ2) is 9.91. The molecule has 0 unspecified atom stereocenters. The molecule has 128 valence electrons. The Balaban J connectivity index is 2.55. The third-order valence-corrected chi connectivity index (χ3v) is 3.12. The van der Waals surface area contributed by atoms with Gasteiger partial charge in [-0.15, -0.1) is 0 Å². The minimum absolute atomic E-state index is 0.248. The first-order chi connectivity index (χ1) is 11.0. The van der Waals surface area contributed by atoms with Crippen LogP contribution in [0.3, 0.4) is 0 Å². The fraction of sp³-hybridized carbons (Fsp3) is 0.467. The number of halogens is 1. The molecular weight excluding hydrogens is 322 g/mol. The predicted octanol–water partition coefficient (Wildman–Crippen LogP) is 2.01. The van der Waals surface area contributed by atoms with Crippen LogP contribution in [0.4, 0.5) is 10.5 Å². The standard InChI is InChI=1S/C15H22ClN3O4/c1-4-17-14(20)10(2)18-15(21)19-11-5-6-13(12(16)9-11)23-8-7-22-3/h5-6,9-10H,4,7-8H2,1-3H3,(H,17,20)(H2,18,19,21)/t10-/m1/s1. The van der Waals surface area contributed by atoms with Crippen molar-refractivity contribution in [3.63, 3.8) is 0 Å². The average Bonchev–Trinajstić information content (AvgIpc) is 2.49. The summed E-state index contributed by atoms with van der Waals surface area (Å²) in [6.45, 7) is 4.75. The lowest BCUT2D eigenvalue weighted by molar-refractivity contribution is -0.122. The van der Waals surface area contributed by atoms with Crippen LogP contribution >= 0.6 is 11.6 Å². The highest BCUT2D eigenvalue weighted by Gasteiger charge is 2.14. The molecule has 3 N–H and O–H groups in total. The summed E-state index contributed by atoms with van der Waals surface area (Å²) in [4.78, 5) is 23.4. The first kappa shape index (κ1) is 19.1. The zero-order chi connectivity index (χ0) is 17.2. The molecule has 8 heteroatoms. The quantitative estimate of drug-likeness (QED) is 0.630. The number of hydrogen-bond donors (Lipinski definition) is 3. The second-order valence-corrected chi connectivity index (χ2v) is 5.11. The van der Waals surface area contributed by atoms with Crippen LogP contribution in [0.1, 0.15) is 13.8 Å². The molecule has 7 nitrogen and oxygen atoms in total. The van der Waals surface area contributed by atoms with Gasteiger partial charge in [-0.3, -0.25) is 4.79 Å². The van der Waals surface area contributed by atoms with Crippen LogP contribution in [-0.4, -0.2) is 44.8 Å². The third-order valence-electron chi connectivity index (χ3n) is 2.83. The monoisotopic (exact) mass is 343 g/mol. The summed E-state index contributed by atoms with van der Waals surface area (Å²) in [7, 11) is 1.58. The summed E-state index contributed by atoms with van der Waals surface area (Å²) in [5.41, 5.74) is 0.495. The maximum atomic E-state index is 11.8. The van der Waals surface area contributed by atoms with E-state index in [2.05, 4.69) is 16.0 Å². The number of nitrogens with one attached hydrogen (secondary N) is 3. The summed E-state index contributed by atoms with van der Waals surface area (Å²) in [5, 5.41) is 8.14. The van der Waals surface area contributed by atoms with Crippen molar-refractivity contribution in [2.75, 3.05) is 32.2 Å². The van der Waals surface area contributed by atoms with E-state index < -0.39 is 12.1 Å². The van der Waals surface area contributed by atoms with Crippen LogP contribution < -0.4 is 20.7 Å². The lowest BCUT2D eigenvalue weighted by Crippen LogP contribution is -2.46. The van der Waals surface area contributed by atoms with E-state index in [1.165, 1.54) is 0 Å². The number of carbonyl (C=O) groups excluding carboxylic acids is 2. The van der Waals surface area contributed by atoms with Crippen molar-refractivity contribution in [2.24, 2.45) is 0 Å². The Hall–Kier alpha value is -1.99. The highest BCUT2D eigenvalue weighted by Crippen LogP contribution is 2.27. The Kier molecular flexibility index (Phi) is 8.21. The molecule has 0 fully saturated rings. The summed E-state index contributed by atoms with van der Waals surface area (Å²) in [6.07, 6.45) is 0. The Labute approximate surface area is 140 Å². The van der Waals surface area contributed by atoms with E-state index in [1.54, 1.807) is 32.2 Å². The number of anilines is 1. The average molecular weight is 344 g/mol. The van der Waals surface area contributed by atoms with Gasteiger partial charge in [0.2, 0.25) is 5.91 Å². The first-order valence-corrected chi connectivity index (χ1v) is 7.62. The summed E-state index contributed by atoms with van der Waals surface area (Å²) >= 11 is 6.09. The first-order valence-electron chi connectivity index (χ1n) is 7.24. The molecule has 0 bridgehead atoms. The number of urea groups is 1. The zero-order valence-corrected chi connectivity index (χ0v) is 14.2. The van der Waals surface area contributed by atoms with Crippen molar-refractivity contribution >= 4 is 29.2 Å². The van der Waals surface area contributed by atoms with Crippen molar-refractivity contribution in [1.82, 2.24) is 10.6 Å². The lowest BCUT2D eigenvalue weighted by Gasteiger charge is -2.14. The molecule has 0 spiro atoms. The van der Waals surface area contributed by atoms with Gasteiger partial charge in [-0.05, 0) is 32.0 Å². The van der Waals surface area contributed by atoms with E-state index >= 15 is 0 Å². The largest absolute Gasteiger partial charge is 0.490 e. The van der Waals surface area contributed by atoms with Gasteiger partial charge in [0.15, 0.2) is 0 Å². The third kappa shape index (κ3) is 6.75. The smallest absolute Gasteiger partial charge is 0.319 e. The Morgan fingerprint density at radius 1 is 1.30 bits per heavy atom. The van der Waals surface area contributed by atoms with Gasteiger partial charge in [0.05, 0.1) is 11.6 Å². The molecule has 0 aromatic heterocycles. The maximum absolute atomic E-state index is 11.8. The minimum atomic E-state index is -0.637. The van der Waals surface area contributed by atoms with Gasteiger partial charge < -0.3 is 25.4 Å². The van der Waals surface area contributed by atoms with Crippen molar-refractivity contribution in [3.05, 3.63) is 23.2 Å². The number of ether oxygens (including phenoxy) is 2. The number of carbonyl (C=O) groups is 2. The molecule has 0 radical (unpaired) electrons. The molecule has 0 aliphatic carbocycles. The van der Waals surface area contributed by atoms with Crippen molar-refractivity contribution in [1.29, 1.82) is 0 Å². The molecule has 0 saturated carbocycles. The Morgan fingerprint density at radius 3 is 2.65 bits per heavy atom. The van der Waals surface area contributed by atoms with Gasteiger partial charge in [-0.1, -0.05) is 11.6 Å².